The van der Waals surface area contributed by atoms with Crippen LogP contribution in [-0.4, -0.2) is 28.5 Å². The van der Waals surface area contributed by atoms with Crippen LogP contribution in [0.4, 0.5) is 5.82 Å². The van der Waals surface area contributed by atoms with Gasteiger partial charge in [0.2, 0.25) is 5.75 Å². The molecular formula is C17H19N3O4. The Morgan fingerprint density at radius 2 is 1.96 bits per heavy atom. The van der Waals surface area contributed by atoms with Crippen molar-refractivity contribution in [1.29, 1.82) is 0 Å². The second kappa shape index (κ2) is 8.05. The van der Waals surface area contributed by atoms with Crippen molar-refractivity contribution >= 4 is 11.7 Å². The molecule has 0 fully saturated rings. The summed E-state index contributed by atoms with van der Waals surface area (Å²) >= 11 is 0. The van der Waals surface area contributed by atoms with E-state index in [9.17, 15) is 14.9 Å². The minimum Gasteiger partial charge on any atom is -0.473 e. The largest absolute Gasteiger partial charge is 0.473 e. The molecule has 0 saturated carbocycles. The molecule has 1 aromatic carbocycles. The van der Waals surface area contributed by atoms with Gasteiger partial charge >= 0.3 is 5.82 Å². The highest BCUT2D eigenvalue weighted by Crippen LogP contribution is 2.24. The predicted molar refractivity (Wildman–Crippen MR) is 88.8 cm³/mol. The normalized spacial score (nSPS) is 12.9. The third kappa shape index (κ3) is 4.52. The highest BCUT2D eigenvalue weighted by molar-refractivity contribution is 5.80. The molecular weight excluding hydrogens is 310 g/mol. The molecule has 7 nitrogen and oxygen atoms in total. The smallest absolute Gasteiger partial charge is 0.406 e. The molecule has 0 radical (unpaired) electrons. The first kappa shape index (κ1) is 17.4. The highest BCUT2D eigenvalue weighted by atomic mass is 16.6. The lowest BCUT2D eigenvalue weighted by atomic mass is 10.0. The van der Waals surface area contributed by atoms with Crippen molar-refractivity contribution in [2.24, 2.45) is 0 Å². The zero-order valence-electron chi connectivity index (χ0n) is 13.5. The van der Waals surface area contributed by atoms with Crippen LogP contribution in [0.15, 0.2) is 48.7 Å². The highest BCUT2D eigenvalue weighted by Gasteiger charge is 2.22. The van der Waals surface area contributed by atoms with Gasteiger partial charge in [-0.15, -0.1) is 0 Å². The third-order valence-electron chi connectivity index (χ3n) is 3.55. The lowest BCUT2D eigenvalue weighted by molar-refractivity contribution is -0.390. The van der Waals surface area contributed by atoms with E-state index in [1.807, 2.05) is 37.3 Å². The van der Waals surface area contributed by atoms with Gasteiger partial charge in [-0.25, -0.2) is 0 Å². The first-order chi connectivity index (χ1) is 11.5. The molecule has 0 aliphatic rings. The van der Waals surface area contributed by atoms with Crippen LogP contribution in [0.25, 0.3) is 0 Å². The second-order valence-electron chi connectivity index (χ2n) is 5.40. The van der Waals surface area contributed by atoms with Gasteiger partial charge in [0.1, 0.15) is 6.20 Å². The number of aromatic nitrogens is 1. The van der Waals surface area contributed by atoms with Gasteiger partial charge in [-0.3, -0.25) is 4.79 Å². The lowest BCUT2D eigenvalue weighted by Crippen LogP contribution is -2.38. The topological polar surface area (TPSA) is 94.4 Å². The van der Waals surface area contributed by atoms with Gasteiger partial charge in [-0.1, -0.05) is 37.3 Å². The van der Waals surface area contributed by atoms with Crippen LogP contribution in [0.1, 0.15) is 25.3 Å². The van der Waals surface area contributed by atoms with Gasteiger partial charge in [0, 0.05) is 6.54 Å². The van der Waals surface area contributed by atoms with Gasteiger partial charge in [0.15, 0.2) is 6.10 Å². The van der Waals surface area contributed by atoms with Crippen LogP contribution in [0.3, 0.4) is 0 Å². The van der Waals surface area contributed by atoms with Crippen LogP contribution < -0.4 is 10.1 Å². The van der Waals surface area contributed by atoms with Crippen LogP contribution in [0.5, 0.6) is 5.75 Å². The molecule has 126 valence electrons. The van der Waals surface area contributed by atoms with E-state index in [1.54, 1.807) is 6.92 Å². The zero-order chi connectivity index (χ0) is 17.5. The summed E-state index contributed by atoms with van der Waals surface area (Å²) in [5.41, 5.74) is 1.12. The molecule has 1 amide bonds. The van der Waals surface area contributed by atoms with Gasteiger partial charge < -0.3 is 20.2 Å². The summed E-state index contributed by atoms with van der Waals surface area (Å²) in [4.78, 5) is 26.1. The van der Waals surface area contributed by atoms with E-state index in [0.29, 0.717) is 6.54 Å². The molecule has 1 N–H and O–H groups in total. The molecule has 2 atom stereocenters. The van der Waals surface area contributed by atoms with Crippen molar-refractivity contribution in [2.75, 3.05) is 6.54 Å². The quantitative estimate of drug-likeness (QED) is 0.622. The average Bonchev–Trinajstić information content (AvgIpc) is 2.60. The fourth-order valence-corrected chi connectivity index (χ4v) is 2.15. The van der Waals surface area contributed by atoms with Crippen molar-refractivity contribution in [2.45, 2.75) is 25.9 Å². The molecule has 1 aromatic heterocycles. The Kier molecular flexibility index (Phi) is 5.83. The number of amides is 1. The molecule has 1 heterocycles. The molecule has 0 spiro atoms. The molecule has 7 heteroatoms. The summed E-state index contributed by atoms with van der Waals surface area (Å²) in [5, 5.41) is 13.7. The molecule has 0 aliphatic carbocycles. The number of rotatable bonds is 7. The Labute approximate surface area is 139 Å². The Balaban J connectivity index is 1.92. The Bertz CT molecular complexity index is 706. The summed E-state index contributed by atoms with van der Waals surface area (Å²) in [6.45, 7) is 4.00. The lowest BCUT2D eigenvalue weighted by Gasteiger charge is -2.17. The van der Waals surface area contributed by atoms with Crippen LogP contribution >= 0.6 is 0 Å². The maximum atomic E-state index is 12.1. The minimum atomic E-state index is -0.865. The molecule has 2 aromatic rings. The van der Waals surface area contributed by atoms with Crippen molar-refractivity contribution in [3.05, 3.63) is 64.3 Å². The summed E-state index contributed by atoms with van der Waals surface area (Å²) in [5.74, 6) is -0.623. The van der Waals surface area contributed by atoms with E-state index >= 15 is 0 Å². The molecule has 0 aliphatic heterocycles. The number of nitro groups is 1. The summed E-state index contributed by atoms with van der Waals surface area (Å²) in [6, 6.07) is 12.8. The maximum Gasteiger partial charge on any atom is 0.406 e. The predicted octanol–water partition coefficient (Wildman–Crippen LogP) is 2.68. The number of hydrogen-bond acceptors (Lipinski definition) is 5. The molecule has 2 rings (SSSR count). The average molecular weight is 329 g/mol. The summed E-state index contributed by atoms with van der Waals surface area (Å²) in [7, 11) is 0. The monoisotopic (exact) mass is 329 g/mol. The first-order valence-electron chi connectivity index (χ1n) is 7.57. The van der Waals surface area contributed by atoms with Crippen molar-refractivity contribution < 1.29 is 14.5 Å². The maximum absolute atomic E-state index is 12.1. The van der Waals surface area contributed by atoms with E-state index in [1.165, 1.54) is 18.3 Å². The first-order valence-corrected chi connectivity index (χ1v) is 7.57. The number of nitrogens with zero attached hydrogens (tertiary/aromatic N) is 2. The van der Waals surface area contributed by atoms with E-state index < -0.39 is 16.8 Å². The number of nitrogens with one attached hydrogen (secondary N) is 1. The number of carbonyl (C=O) groups is 1. The number of pyridine rings is 1. The van der Waals surface area contributed by atoms with E-state index in [4.69, 9.17) is 4.74 Å². The molecule has 24 heavy (non-hydrogen) atoms. The van der Waals surface area contributed by atoms with Gasteiger partial charge in [-0.2, -0.15) is 0 Å². The number of benzene rings is 1. The van der Waals surface area contributed by atoms with Crippen molar-refractivity contribution in [1.82, 2.24) is 10.3 Å². The Morgan fingerprint density at radius 3 is 2.62 bits per heavy atom. The van der Waals surface area contributed by atoms with E-state index in [0.717, 1.165) is 5.56 Å². The van der Waals surface area contributed by atoms with Gasteiger partial charge in [0.05, 0.1) is 0 Å². The Hall–Kier alpha value is -2.96. The Morgan fingerprint density at radius 1 is 1.25 bits per heavy atom. The fraction of sp³-hybridized carbons (Fsp3) is 0.294. The number of hydrogen-bond donors (Lipinski definition) is 1. The van der Waals surface area contributed by atoms with E-state index in [-0.39, 0.29) is 17.6 Å². The van der Waals surface area contributed by atoms with E-state index in [2.05, 4.69) is 10.3 Å². The standard InChI is InChI=1S/C17H19N3O4/c1-12(14-7-4-3-5-8-14)11-19-17(21)13(2)24-15-9-6-10-18-16(15)20(22)23/h3-10,12-13H,11H2,1-2H3,(H,19,21). The van der Waals surface area contributed by atoms with Crippen molar-refractivity contribution in [3.8, 4) is 5.75 Å². The molecule has 0 saturated heterocycles. The zero-order valence-corrected chi connectivity index (χ0v) is 13.5. The third-order valence-corrected chi connectivity index (χ3v) is 3.55. The molecule has 0 bridgehead atoms. The van der Waals surface area contributed by atoms with Gasteiger partial charge in [0.25, 0.3) is 5.91 Å². The summed E-state index contributed by atoms with van der Waals surface area (Å²) < 4.78 is 5.39. The number of ether oxygens (including phenoxy) is 1. The minimum absolute atomic E-state index is 0.0266. The fourth-order valence-electron chi connectivity index (χ4n) is 2.15. The SMILES string of the molecule is CC(Oc1cccnc1[N+](=O)[O-])C(=O)NCC(C)c1ccccc1. The summed E-state index contributed by atoms with van der Waals surface area (Å²) in [6.07, 6.45) is 0.438. The van der Waals surface area contributed by atoms with Crippen LogP contribution in [0.2, 0.25) is 0 Å². The van der Waals surface area contributed by atoms with Crippen LogP contribution in [-0.2, 0) is 4.79 Å². The van der Waals surface area contributed by atoms with Crippen molar-refractivity contribution in [3.63, 3.8) is 0 Å². The number of carbonyl (C=O) groups excluding carboxylic acids is 1. The van der Waals surface area contributed by atoms with Gasteiger partial charge in [-0.05, 0) is 40.4 Å². The van der Waals surface area contributed by atoms with Crippen LogP contribution in [0, 0.1) is 10.1 Å². The molecule has 2 unspecified atom stereocenters. The second-order valence-corrected chi connectivity index (χ2v) is 5.40.